The number of carbonyl (C=O) groups is 1. The van der Waals surface area contributed by atoms with E-state index in [1.165, 1.54) is 0 Å². The van der Waals surface area contributed by atoms with Crippen LogP contribution in [0.1, 0.15) is 12.8 Å². The Morgan fingerprint density at radius 1 is 1.55 bits per heavy atom. The zero-order valence-corrected chi connectivity index (χ0v) is 6.26. The summed E-state index contributed by atoms with van der Waals surface area (Å²) in [5.74, 6) is -0.191. The maximum atomic E-state index is 11.1. The lowest BCUT2D eigenvalue weighted by Crippen LogP contribution is -2.59. The summed E-state index contributed by atoms with van der Waals surface area (Å²) in [6.07, 6.45) is 1.25. The second kappa shape index (κ2) is 2.19. The molecule has 1 aliphatic carbocycles. The van der Waals surface area contributed by atoms with Crippen molar-refractivity contribution in [3.63, 3.8) is 0 Å². The summed E-state index contributed by atoms with van der Waals surface area (Å²) in [6.45, 7) is 1.67. The van der Waals surface area contributed by atoms with Gasteiger partial charge in [-0.15, -0.1) is 0 Å². The van der Waals surface area contributed by atoms with E-state index in [9.17, 15) is 9.90 Å². The lowest BCUT2D eigenvalue weighted by atomic mass is 10.1. The van der Waals surface area contributed by atoms with Crippen LogP contribution < -0.4 is 10.6 Å². The van der Waals surface area contributed by atoms with Crippen LogP contribution in [0.5, 0.6) is 0 Å². The standard InChI is InChI=1S/C7H12N2O2/c10-6(7(11)1-2-7)9-5-3-8-4-5/h5,8,11H,1-4H2,(H,9,10). The highest BCUT2D eigenvalue weighted by molar-refractivity contribution is 5.88. The first-order valence-electron chi connectivity index (χ1n) is 3.95. The van der Waals surface area contributed by atoms with Crippen molar-refractivity contribution in [3.8, 4) is 0 Å². The number of hydrogen-bond acceptors (Lipinski definition) is 3. The van der Waals surface area contributed by atoms with Crippen LogP contribution in [0.2, 0.25) is 0 Å². The van der Waals surface area contributed by atoms with E-state index in [4.69, 9.17) is 0 Å². The van der Waals surface area contributed by atoms with Crippen LogP contribution in [0.15, 0.2) is 0 Å². The molecule has 0 spiro atoms. The first-order chi connectivity index (χ1) is 5.21. The number of nitrogens with one attached hydrogen (secondary N) is 2. The Labute approximate surface area is 65.0 Å². The molecule has 1 amide bonds. The van der Waals surface area contributed by atoms with Crippen LogP contribution in [-0.4, -0.2) is 35.7 Å². The fourth-order valence-electron chi connectivity index (χ4n) is 1.06. The van der Waals surface area contributed by atoms with Gasteiger partial charge in [0.15, 0.2) is 0 Å². The predicted molar refractivity (Wildman–Crippen MR) is 39.0 cm³/mol. The Kier molecular flexibility index (Phi) is 1.40. The van der Waals surface area contributed by atoms with Crippen LogP contribution in [0, 0.1) is 0 Å². The van der Waals surface area contributed by atoms with Gasteiger partial charge in [0.1, 0.15) is 5.60 Å². The molecule has 2 aliphatic rings. The van der Waals surface area contributed by atoms with E-state index in [0.29, 0.717) is 12.8 Å². The minimum absolute atomic E-state index is 0.191. The van der Waals surface area contributed by atoms with Crippen LogP contribution in [0.3, 0.4) is 0 Å². The van der Waals surface area contributed by atoms with Crippen LogP contribution in [0.4, 0.5) is 0 Å². The van der Waals surface area contributed by atoms with Gasteiger partial charge in [-0.05, 0) is 12.8 Å². The van der Waals surface area contributed by atoms with E-state index >= 15 is 0 Å². The van der Waals surface area contributed by atoms with Gasteiger partial charge < -0.3 is 15.7 Å². The van der Waals surface area contributed by atoms with Gasteiger partial charge in [0.25, 0.3) is 5.91 Å². The van der Waals surface area contributed by atoms with E-state index in [0.717, 1.165) is 13.1 Å². The minimum atomic E-state index is -1.00. The third-order valence-electron chi connectivity index (χ3n) is 2.26. The lowest BCUT2D eigenvalue weighted by Gasteiger charge is -2.28. The molecule has 2 fully saturated rings. The van der Waals surface area contributed by atoms with Gasteiger partial charge in [0.05, 0.1) is 6.04 Å². The molecule has 62 valence electrons. The molecule has 1 heterocycles. The number of amides is 1. The maximum Gasteiger partial charge on any atom is 0.252 e. The van der Waals surface area contributed by atoms with Gasteiger partial charge in [0, 0.05) is 13.1 Å². The van der Waals surface area contributed by atoms with Crippen LogP contribution >= 0.6 is 0 Å². The Hall–Kier alpha value is -0.610. The second-order valence-electron chi connectivity index (χ2n) is 3.36. The normalized spacial score (nSPS) is 27.4. The molecule has 0 bridgehead atoms. The first-order valence-corrected chi connectivity index (χ1v) is 3.95. The number of carbonyl (C=O) groups excluding carboxylic acids is 1. The van der Waals surface area contributed by atoms with Crippen LogP contribution in [0.25, 0.3) is 0 Å². The summed E-state index contributed by atoms with van der Waals surface area (Å²) in [7, 11) is 0. The van der Waals surface area contributed by atoms with Gasteiger partial charge >= 0.3 is 0 Å². The van der Waals surface area contributed by atoms with Crippen molar-refractivity contribution in [2.24, 2.45) is 0 Å². The molecular formula is C7H12N2O2. The van der Waals surface area contributed by atoms with Crippen molar-refractivity contribution in [1.29, 1.82) is 0 Å². The summed E-state index contributed by atoms with van der Waals surface area (Å²) in [5.41, 5.74) is -1.00. The molecule has 0 atom stereocenters. The number of hydrogen-bond donors (Lipinski definition) is 3. The van der Waals surface area contributed by atoms with Gasteiger partial charge in [-0.1, -0.05) is 0 Å². The second-order valence-corrected chi connectivity index (χ2v) is 3.36. The van der Waals surface area contributed by atoms with E-state index in [2.05, 4.69) is 10.6 Å². The van der Waals surface area contributed by atoms with Crippen molar-refractivity contribution < 1.29 is 9.90 Å². The highest BCUT2D eigenvalue weighted by atomic mass is 16.3. The molecule has 1 aliphatic heterocycles. The first kappa shape index (κ1) is 7.06. The van der Waals surface area contributed by atoms with Gasteiger partial charge in [0.2, 0.25) is 0 Å². The average Bonchev–Trinajstić information content (AvgIpc) is 2.59. The molecule has 0 aromatic carbocycles. The molecule has 0 radical (unpaired) electrons. The Bertz CT molecular complexity index is 185. The third kappa shape index (κ3) is 1.23. The summed E-state index contributed by atoms with van der Waals surface area (Å²) >= 11 is 0. The number of rotatable bonds is 2. The van der Waals surface area contributed by atoms with Crippen molar-refractivity contribution in [2.75, 3.05) is 13.1 Å². The third-order valence-corrected chi connectivity index (χ3v) is 2.26. The molecule has 3 N–H and O–H groups in total. The average molecular weight is 156 g/mol. The summed E-state index contributed by atoms with van der Waals surface area (Å²) in [4.78, 5) is 11.1. The molecule has 0 aromatic heterocycles. The van der Waals surface area contributed by atoms with Gasteiger partial charge in [-0.25, -0.2) is 0 Å². The molecule has 0 aromatic rings. The van der Waals surface area contributed by atoms with Crippen LogP contribution in [-0.2, 0) is 4.79 Å². The fourth-order valence-corrected chi connectivity index (χ4v) is 1.06. The van der Waals surface area contributed by atoms with Crippen molar-refractivity contribution in [2.45, 2.75) is 24.5 Å². The summed E-state index contributed by atoms with van der Waals surface area (Å²) < 4.78 is 0. The highest BCUT2D eigenvalue weighted by Gasteiger charge is 2.48. The largest absolute Gasteiger partial charge is 0.380 e. The Morgan fingerprint density at radius 3 is 2.55 bits per heavy atom. The molecule has 2 rings (SSSR count). The fraction of sp³-hybridized carbons (Fsp3) is 0.857. The molecular weight excluding hydrogens is 144 g/mol. The van der Waals surface area contributed by atoms with Crippen molar-refractivity contribution in [1.82, 2.24) is 10.6 Å². The van der Waals surface area contributed by atoms with Crippen molar-refractivity contribution in [3.05, 3.63) is 0 Å². The van der Waals surface area contributed by atoms with E-state index in [-0.39, 0.29) is 11.9 Å². The molecule has 0 unspecified atom stereocenters. The van der Waals surface area contributed by atoms with E-state index in [1.807, 2.05) is 0 Å². The summed E-state index contributed by atoms with van der Waals surface area (Å²) in [5, 5.41) is 15.1. The van der Waals surface area contributed by atoms with E-state index < -0.39 is 5.60 Å². The van der Waals surface area contributed by atoms with Crippen molar-refractivity contribution >= 4 is 5.91 Å². The zero-order chi connectivity index (χ0) is 7.90. The van der Waals surface area contributed by atoms with Gasteiger partial charge in [-0.3, -0.25) is 4.79 Å². The molecule has 1 saturated heterocycles. The Morgan fingerprint density at radius 2 is 2.18 bits per heavy atom. The SMILES string of the molecule is O=C(NC1CNC1)C1(O)CC1. The molecule has 4 heteroatoms. The molecule has 4 nitrogen and oxygen atoms in total. The Balaban J connectivity index is 1.81. The van der Waals surface area contributed by atoms with Gasteiger partial charge in [-0.2, -0.15) is 0 Å². The predicted octanol–water partition coefficient (Wildman–Crippen LogP) is -1.40. The summed E-state index contributed by atoms with van der Waals surface area (Å²) in [6, 6.07) is 0.243. The number of aliphatic hydroxyl groups is 1. The zero-order valence-electron chi connectivity index (χ0n) is 6.26. The minimum Gasteiger partial charge on any atom is -0.380 e. The molecule has 11 heavy (non-hydrogen) atoms. The topological polar surface area (TPSA) is 61.4 Å². The smallest absolute Gasteiger partial charge is 0.252 e. The maximum absolute atomic E-state index is 11.1. The monoisotopic (exact) mass is 156 g/mol. The molecule has 1 saturated carbocycles. The van der Waals surface area contributed by atoms with E-state index in [1.54, 1.807) is 0 Å². The highest BCUT2D eigenvalue weighted by Crippen LogP contribution is 2.35. The lowest BCUT2D eigenvalue weighted by molar-refractivity contribution is -0.132. The quantitative estimate of drug-likeness (QED) is 0.461.